The molecule has 0 unspecified atom stereocenters. The van der Waals surface area contributed by atoms with Crippen LogP contribution in [0.25, 0.3) is 0 Å². The van der Waals surface area contributed by atoms with Gasteiger partial charge in [-0.25, -0.2) is 4.39 Å². The second-order valence-electron chi connectivity index (χ2n) is 5.50. The first kappa shape index (κ1) is 18.1. The molecule has 0 saturated carbocycles. The fraction of sp³-hybridized carbons (Fsp3) is 0.167. The van der Waals surface area contributed by atoms with Crippen molar-refractivity contribution in [1.82, 2.24) is 5.32 Å². The van der Waals surface area contributed by atoms with Crippen molar-refractivity contribution in [2.75, 3.05) is 6.54 Å². The molecule has 130 valence electrons. The van der Waals surface area contributed by atoms with Crippen molar-refractivity contribution >= 4 is 40.2 Å². The molecule has 3 nitrogen and oxygen atoms in total. The van der Waals surface area contributed by atoms with Crippen molar-refractivity contribution in [2.24, 2.45) is 0 Å². The van der Waals surface area contributed by atoms with E-state index in [1.807, 2.05) is 34.3 Å². The van der Waals surface area contributed by atoms with Gasteiger partial charge in [-0.3, -0.25) is 4.79 Å². The van der Waals surface area contributed by atoms with Crippen molar-refractivity contribution in [3.8, 4) is 0 Å². The van der Waals surface area contributed by atoms with Gasteiger partial charge in [-0.15, -0.1) is 11.3 Å². The summed E-state index contributed by atoms with van der Waals surface area (Å²) < 4.78 is 13.8. The predicted octanol–water partition coefficient (Wildman–Crippen LogP) is 4.20. The summed E-state index contributed by atoms with van der Waals surface area (Å²) in [6.45, 7) is -0.00481. The molecule has 0 fully saturated rings. The minimum Gasteiger partial charge on any atom is -0.378 e. The van der Waals surface area contributed by atoms with Crippen LogP contribution in [0.1, 0.15) is 16.0 Å². The Morgan fingerprint density at radius 3 is 2.72 bits per heavy atom. The van der Waals surface area contributed by atoms with E-state index in [2.05, 4.69) is 5.32 Å². The smallest absolute Gasteiger partial charge is 0.224 e. The van der Waals surface area contributed by atoms with Gasteiger partial charge >= 0.3 is 0 Å². The molecule has 1 amide bonds. The summed E-state index contributed by atoms with van der Waals surface area (Å²) in [5, 5.41) is 19.7. The van der Waals surface area contributed by atoms with E-state index in [0.717, 1.165) is 4.88 Å². The van der Waals surface area contributed by atoms with Crippen LogP contribution in [0.4, 0.5) is 4.39 Å². The monoisotopic (exact) mass is 395 g/mol. The lowest BCUT2D eigenvalue weighted by Gasteiger charge is -2.27. The molecule has 25 heavy (non-hydrogen) atoms. The zero-order valence-corrected chi connectivity index (χ0v) is 15.4. The van der Waals surface area contributed by atoms with Crippen LogP contribution < -0.4 is 5.32 Å². The molecule has 3 aromatic rings. The second kappa shape index (κ2) is 7.66. The van der Waals surface area contributed by atoms with Crippen LogP contribution in [0.15, 0.2) is 52.5 Å². The Labute approximate surface area is 157 Å². The number of benzene rings is 1. The molecule has 0 aliphatic heterocycles. The van der Waals surface area contributed by atoms with Crippen molar-refractivity contribution in [1.29, 1.82) is 0 Å². The number of amides is 1. The average molecular weight is 396 g/mol. The number of halogens is 2. The van der Waals surface area contributed by atoms with Crippen LogP contribution in [-0.4, -0.2) is 17.6 Å². The lowest BCUT2D eigenvalue weighted by molar-refractivity contribution is -0.121. The third kappa shape index (κ3) is 3.93. The Kier molecular flexibility index (Phi) is 5.54. The van der Waals surface area contributed by atoms with Crippen molar-refractivity contribution in [3.63, 3.8) is 0 Å². The topological polar surface area (TPSA) is 49.3 Å². The number of rotatable bonds is 6. The molecule has 2 heterocycles. The molecule has 2 N–H and O–H groups in total. The predicted molar refractivity (Wildman–Crippen MR) is 99.8 cm³/mol. The van der Waals surface area contributed by atoms with Gasteiger partial charge in [-0.05, 0) is 40.4 Å². The van der Waals surface area contributed by atoms with E-state index in [1.54, 1.807) is 6.07 Å². The van der Waals surface area contributed by atoms with E-state index < -0.39 is 17.3 Å². The van der Waals surface area contributed by atoms with E-state index in [0.29, 0.717) is 5.56 Å². The second-order valence-corrected chi connectivity index (χ2v) is 7.64. The largest absolute Gasteiger partial charge is 0.378 e. The molecule has 0 spiro atoms. The van der Waals surface area contributed by atoms with Gasteiger partial charge in [0, 0.05) is 21.0 Å². The molecule has 0 radical (unpaired) electrons. The lowest BCUT2D eigenvalue weighted by Crippen LogP contribution is -2.41. The molecular formula is C18H15ClFNO2S2. The van der Waals surface area contributed by atoms with E-state index in [-0.39, 0.29) is 23.6 Å². The molecular weight excluding hydrogens is 381 g/mol. The van der Waals surface area contributed by atoms with Crippen LogP contribution in [0.5, 0.6) is 0 Å². The van der Waals surface area contributed by atoms with E-state index in [4.69, 9.17) is 11.6 Å². The fourth-order valence-electron chi connectivity index (χ4n) is 2.50. The first-order chi connectivity index (χ1) is 12.0. The van der Waals surface area contributed by atoms with Crippen LogP contribution >= 0.6 is 34.3 Å². The Morgan fingerprint density at radius 2 is 2.08 bits per heavy atom. The highest BCUT2D eigenvalue weighted by molar-refractivity contribution is 7.10. The number of carbonyl (C=O) groups is 1. The maximum absolute atomic E-state index is 13.8. The molecule has 0 bridgehead atoms. The Morgan fingerprint density at radius 1 is 1.24 bits per heavy atom. The van der Waals surface area contributed by atoms with Gasteiger partial charge < -0.3 is 10.4 Å². The van der Waals surface area contributed by atoms with E-state index in [9.17, 15) is 14.3 Å². The molecule has 1 atom stereocenters. The quantitative estimate of drug-likeness (QED) is 0.657. The summed E-state index contributed by atoms with van der Waals surface area (Å²) in [6, 6.07) is 9.79. The molecule has 2 aromatic heterocycles. The third-order valence-electron chi connectivity index (χ3n) is 3.87. The van der Waals surface area contributed by atoms with Crippen molar-refractivity contribution in [3.05, 3.63) is 79.4 Å². The average Bonchev–Trinajstić information content (AvgIpc) is 3.30. The molecule has 7 heteroatoms. The zero-order chi connectivity index (χ0) is 17.9. The van der Waals surface area contributed by atoms with Crippen LogP contribution in [-0.2, 0) is 16.8 Å². The maximum Gasteiger partial charge on any atom is 0.224 e. The minimum atomic E-state index is -1.32. The summed E-state index contributed by atoms with van der Waals surface area (Å²) >= 11 is 8.84. The van der Waals surface area contributed by atoms with Crippen LogP contribution in [0.2, 0.25) is 5.02 Å². The number of carbonyl (C=O) groups excluding carboxylic acids is 1. The van der Waals surface area contributed by atoms with Gasteiger partial charge in [-0.1, -0.05) is 23.7 Å². The standard InChI is InChI=1S/C18H15ClFNO2S2/c19-14-3-1-4-15(20)13(14)9-17(22)21-11-18(23,12-6-8-24-10-12)16-5-2-7-25-16/h1-8,10,23H,9,11H2,(H,21,22)/t18-/m0/s1. The van der Waals surface area contributed by atoms with Gasteiger partial charge in [0.05, 0.1) is 13.0 Å². The SMILES string of the molecule is O=C(Cc1c(F)cccc1Cl)NC[C@](O)(c1ccsc1)c1cccs1. The van der Waals surface area contributed by atoms with Crippen LogP contribution in [0, 0.1) is 5.82 Å². The fourth-order valence-corrected chi connectivity index (χ4v) is 4.30. The number of aliphatic hydroxyl groups is 1. The normalized spacial score (nSPS) is 13.4. The first-order valence-corrected chi connectivity index (χ1v) is 9.69. The highest BCUT2D eigenvalue weighted by atomic mass is 35.5. The van der Waals surface area contributed by atoms with Gasteiger partial charge in [0.2, 0.25) is 5.91 Å². The maximum atomic E-state index is 13.8. The Bertz CT molecular complexity index is 796. The number of hydrogen-bond acceptors (Lipinski definition) is 4. The number of hydrogen-bond donors (Lipinski definition) is 2. The minimum absolute atomic E-state index is 0.00481. The number of thiophene rings is 2. The van der Waals surface area contributed by atoms with Gasteiger partial charge in [0.15, 0.2) is 0 Å². The lowest BCUT2D eigenvalue weighted by atomic mass is 9.94. The Balaban J connectivity index is 1.75. The van der Waals surface area contributed by atoms with E-state index >= 15 is 0 Å². The molecule has 0 aliphatic rings. The summed E-state index contributed by atoms with van der Waals surface area (Å²) in [6.07, 6.45) is -0.185. The zero-order valence-electron chi connectivity index (χ0n) is 13.0. The first-order valence-electron chi connectivity index (χ1n) is 7.49. The van der Waals surface area contributed by atoms with Crippen LogP contribution in [0.3, 0.4) is 0 Å². The summed E-state index contributed by atoms with van der Waals surface area (Å²) in [7, 11) is 0. The molecule has 3 rings (SSSR count). The molecule has 1 aromatic carbocycles. The van der Waals surface area contributed by atoms with Gasteiger partial charge in [0.25, 0.3) is 0 Å². The van der Waals surface area contributed by atoms with Crippen molar-refractivity contribution < 1.29 is 14.3 Å². The highest BCUT2D eigenvalue weighted by Crippen LogP contribution is 2.33. The summed E-state index contributed by atoms with van der Waals surface area (Å²) in [5.74, 6) is -0.925. The molecule has 0 saturated heterocycles. The van der Waals surface area contributed by atoms with E-state index in [1.165, 1.54) is 34.8 Å². The highest BCUT2D eigenvalue weighted by Gasteiger charge is 2.33. The van der Waals surface area contributed by atoms with Gasteiger partial charge in [0.1, 0.15) is 11.4 Å². The van der Waals surface area contributed by atoms with Gasteiger partial charge in [-0.2, -0.15) is 11.3 Å². The molecule has 0 aliphatic carbocycles. The van der Waals surface area contributed by atoms with Crippen molar-refractivity contribution in [2.45, 2.75) is 12.0 Å². The summed E-state index contributed by atoms with van der Waals surface area (Å²) in [5.41, 5.74) is -0.455. The number of nitrogens with one attached hydrogen (secondary N) is 1. The third-order valence-corrected chi connectivity index (χ3v) is 5.93. The Hall–Kier alpha value is -1.73. The summed E-state index contributed by atoms with van der Waals surface area (Å²) in [4.78, 5) is 13.0.